The number of fused-ring (bicyclic) bond motifs is 1. The molecule has 0 saturated carbocycles. The molecule has 0 saturated heterocycles. The van der Waals surface area contributed by atoms with Crippen molar-refractivity contribution in [3.8, 4) is 28.7 Å². The molecule has 1 aromatic heterocycles. The number of anilines is 1. The van der Waals surface area contributed by atoms with Crippen molar-refractivity contribution in [1.82, 2.24) is 0 Å². The first-order valence-corrected chi connectivity index (χ1v) is 10.9. The lowest BCUT2D eigenvalue weighted by molar-refractivity contribution is 0.0698. The fraction of sp³-hybridized carbons (Fsp3) is 0.160. The van der Waals surface area contributed by atoms with Crippen LogP contribution >= 0.6 is 11.3 Å². The average Bonchev–Trinajstić information content (AvgIpc) is 3.18. The van der Waals surface area contributed by atoms with Crippen LogP contribution in [0.5, 0.6) is 28.7 Å². The minimum absolute atomic E-state index is 0.208. The predicted octanol–water partition coefficient (Wildman–Crippen LogP) is 6.03. The van der Waals surface area contributed by atoms with Crippen LogP contribution in [-0.4, -0.2) is 32.4 Å². The van der Waals surface area contributed by atoms with E-state index >= 15 is 0 Å². The van der Waals surface area contributed by atoms with Gasteiger partial charge in [-0.15, -0.1) is 11.3 Å². The molecule has 1 heterocycles. The Morgan fingerprint density at radius 2 is 1.58 bits per heavy atom. The molecule has 8 heteroatoms. The highest BCUT2D eigenvalue weighted by Gasteiger charge is 2.19. The van der Waals surface area contributed by atoms with Crippen molar-refractivity contribution in [1.29, 1.82) is 0 Å². The molecule has 0 unspecified atom stereocenters. The Morgan fingerprint density at radius 1 is 0.909 bits per heavy atom. The molecule has 3 aromatic carbocycles. The molecule has 4 rings (SSSR count). The predicted molar refractivity (Wildman–Crippen MR) is 129 cm³/mol. The van der Waals surface area contributed by atoms with E-state index < -0.39 is 5.97 Å². The van der Waals surface area contributed by atoms with Gasteiger partial charge in [-0.1, -0.05) is 12.1 Å². The molecule has 170 valence electrons. The van der Waals surface area contributed by atoms with Crippen LogP contribution in [0.25, 0.3) is 10.1 Å². The van der Waals surface area contributed by atoms with Gasteiger partial charge in [-0.25, -0.2) is 4.79 Å². The molecule has 0 atom stereocenters. The summed E-state index contributed by atoms with van der Waals surface area (Å²) in [5.41, 5.74) is 0.743. The Hall–Kier alpha value is -3.91. The molecule has 0 aliphatic carbocycles. The Balaban J connectivity index is 1.75. The van der Waals surface area contributed by atoms with Crippen LogP contribution in [0.1, 0.15) is 15.2 Å². The molecule has 0 amide bonds. The van der Waals surface area contributed by atoms with Gasteiger partial charge in [0.05, 0.1) is 38.3 Å². The van der Waals surface area contributed by atoms with Gasteiger partial charge in [0, 0.05) is 21.8 Å². The number of ether oxygens (including phenoxy) is 4. The maximum Gasteiger partial charge on any atom is 0.337 e. The van der Waals surface area contributed by atoms with Crippen molar-refractivity contribution < 1.29 is 28.8 Å². The summed E-state index contributed by atoms with van der Waals surface area (Å²) >= 11 is 1.54. The van der Waals surface area contributed by atoms with Crippen LogP contribution < -0.4 is 24.3 Å². The number of hydrogen-bond acceptors (Lipinski definition) is 7. The van der Waals surface area contributed by atoms with E-state index in [2.05, 4.69) is 5.32 Å². The number of benzene rings is 3. The summed E-state index contributed by atoms with van der Waals surface area (Å²) < 4.78 is 23.4. The molecule has 0 aliphatic heterocycles. The third kappa shape index (κ3) is 4.65. The van der Waals surface area contributed by atoms with E-state index in [1.54, 1.807) is 45.6 Å². The first-order valence-electron chi connectivity index (χ1n) is 10.1. The normalized spacial score (nSPS) is 10.6. The molecule has 0 radical (unpaired) electrons. The fourth-order valence-electron chi connectivity index (χ4n) is 3.44. The molecule has 7 nitrogen and oxygen atoms in total. The number of nitrogens with one attached hydrogen (secondary N) is 1. The molecule has 0 bridgehead atoms. The van der Waals surface area contributed by atoms with Gasteiger partial charge in [-0.3, -0.25) is 0 Å². The van der Waals surface area contributed by atoms with E-state index in [0.29, 0.717) is 35.2 Å². The third-order valence-corrected chi connectivity index (χ3v) is 6.23. The lowest BCUT2D eigenvalue weighted by Gasteiger charge is -2.12. The maximum absolute atomic E-state index is 11.6. The first-order chi connectivity index (χ1) is 16.0. The smallest absolute Gasteiger partial charge is 0.337 e. The van der Waals surface area contributed by atoms with Gasteiger partial charge in [0.1, 0.15) is 11.5 Å². The largest absolute Gasteiger partial charge is 0.497 e. The van der Waals surface area contributed by atoms with Crippen LogP contribution in [-0.2, 0) is 6.54 Å². The SMILES string of the molecule is COc1ccc(Oc2c(CNc3ccccc3C(=O)O)sc3cc(OC)c(OC)cc23)cc1. The highest BCUT2D eigenvalue weighted by molar-refractivity contribution is 7.19. The summed E-state index contributed by atoms with van der Waals surface area (Å²) in [5.74, 6) is 2.28. The van der Waals surface area contributed by atoms with Crippen molar-refractivity contribution in [2.24, 2.45) is 0 Å². The van der Waals surface area contributed by atoms with E-state index in [0.717, 1.165) is 20.7 Å². The Morgan fingerprint density at radius 3 is 2.24 bits per heavy atom. The number of methoxy groups -OCH3 is 3. The summed E-state index contributed by atoms with van der Waals surface area (Å²) in [5, 5.41) is 13.6. The fourth-order valence-corrected chi connectivity index (χ4v) is 4.52. The van der Waals surface area contributed by atoms with Crippen LogP contribution in [0, 0.1) is 0 Å². The van der Waals surface area contributed by atoms with Crippen LogP contribution in [0.3, 0.4) is 0 Å². The van der Waals surface area contributed by atoms with E-state index in [9.17, 15) is 9.90 Å². The average molecular weight is 466 g/mol. The monoisotopic (exact) mass is 465 g/mol. The minimum atomic E-state index is -0.987. The van der Waals surface area contributed by atoms with Gasteiger partial charge in [-0.2, -0.15) is 0 Å². The number of thiophene rings is 1. The molecule has 2 N–H and O–H groups in total. The van der Waals surface area contributed by atoms with Gasteiger partial charge in [0.25, 0.3) is 0 Å². The summed E-state index contributed by atoms with van der Waals surface area (Å²) in [4.78, 5) is 12.5. The van der Waals surface area contributed by atoms with Gasteiger partial charge < -0.3 is 29.4 Å². The Kier molecular flexibility index (Phi) is 6.55. The van der Waals surface area contributed by atoms with Crippen LogP contribution in [0.15, 0.2) is 60.7 Å². The summed E-state index contributed by atoms with van der Waals surface area (Å²) in [6.07, 6.45) is 0. The van der Waals surface area contributed by atoms with E-state index in [1.165, 1.54) is 11.3 Å². The molecule has 33 heavy (non-hydrogen) atoms. The second-order valence-electron chi connectivity index (χ2n) is 7.04. The Bertz CT molecular complexity index is 1280. The first kappa shape index (κ1) is 22.3. The quantitative estimate of drug-likeness (QED) is 0.312. The van der Waals surface area contributed by atoms with E-state index in [1.807, 2.05) is 36.4 Å². The number of carboxylic acid groups (broad SMARTS) is 1. The van der Waals surface area contributed by atoms with Crippen LogP contribution in [0.4, 0.5) is 5.69 Å². The van der Waals surface area contributed by atoms with E-state index in [4.69, 9.17) is 18.9 Å². The molecule has 4 aromatic rings. The standard InChI is InChI=1S/C25H23NO6S/c1-29-15-8-10-16(11-9-15)32-24-18-12-20(30-2)21(31-3)13-22(18)33-23(24)14-26-19-7-5-4-6-17(19)25(27)28/h4-13,26H,14H2,1-3H3,(H,27,28). The highest BCUT2D eigenvalue weighted by Crippen LogP contribution is 2.45. The highest BCUT2D eigenvalue weighted by atomic mass is 32.1. The third-order valence-electron chi connectivity index (χ3n) is 5.09. The number of carbonyl (C=O) groups is 1. The number of hydrogen-bond donors (Lipinski definition) is 2. The second-order valence-corrected chi connectivity index (χ2v) is 8.18. The number of aromatic carboxylic acids is 1. The summed E-state index contributed by atoms with van der Waals surface area (Å²) in [7, 11) is 4.80. The summed E-state index contributed by atoms with van der Waals surface area (Å²) in [6, 6.07) is 17.9. The number of rotatable bonds is 9. The molecule has 0 spiro atoms. The molecular formula is C25H23NO6S. The van der Waals surface area contributed by atoms with Crippen molar-refractivity contribution in [2.45, 2.75) is 6.54 Å². The van der Waals surface area contributed by atoms with Gasteiger partial charge in [0.2, 0.25) is 0 Å². The lowest BCUT2D eigenvalue weighted by Crippen LogP contribution is -2.05. The topological polar surface area (TPSA) is 86.3 Å². The van der Waals surface area contributed by atoms with Crippen molar-refractivity contribution in [2.75, 3.05) is 26.6 Å². The van der Waals surface area contributed by atoms with Gasteiger partial charge >= 0.3 is 5.97 Å². The lowest BCUT2D eigenvalue weighted by atomic mass is 10.1. The zero-order valence-electron chi connectivity index (χ0n) is 18.4. The molecule has 0 aliphatic rings. The number of para-hydroxylation sites is 1. The van der Waals surface area contributed by atoms with Gasteiger partial charge in [-0.05, 0) is 42.5 Å². The number of carboxylic acids is 1. The van der Waals surface area contributed by atoms with Gasteiger partial charge in [0.15, 0.2) is 17.2 Å². The van der Waals surface area contributed by atoms with Crippen molar-refractivity contribution >= 4 is 33.1 Å². The molecular weight excluding hydrogens is 442 g/mol. The van der Waals surface area contributed by atoms with Crippen molar-refractivity contribution in [3.05, 3.63) is 71.1 Å². The zero-order chi connectivity index (χ0) is 23.4. The zero-order valence-corrected chi connectivity index (χ0v) is 19.2. The summed E-state index contributed by atoms with van der Waals surface area (Å²) in [6.45, 7) is 0.375. The van der Waals surface area contributed by atoms with E-state index in [-0.39, 0.29) is 5.56 Å². The second kappa shape index (κ2) is 9.70. The minimum Gasteiger partial charge on any atom is -0.497 e. The Labute approximate surface area is 195 Å². The van der Waals surface area contributed by atoms with Crippen molar-refractivity contribution in [3.63, 3.8) is 0 Å². The maximum atomic E-state index is 11.6. The van der Waals surface area contributed by atoms with Crippen LogP contribution in [0.2, 0.25) is 0 Å². The molecule has 0 fully saturated rings.